The summed E-state index contributed by atoms with van der Waals surface area (Å²) in [6.07, 6.45) is -4.55. The topological polar surface area (TPSA) is 87.4 Å². The lowest BCUT2D eigenvalue weighted by Crippen LogP contribution is -2.32. The molecule has 10 heteroatoms. The molecule has 6 nitrogen and oxygen atoms in total. The Morgan fingerprint density at radius 2 is 1.77 bits per heavy atom. The van der Waals surface area contributed by atoms with E-state index in [1.807, 2.05) is 0 Å². The van der Waals surface area contributed by atoms with Crippen LogP contribution in [0, 0.1) is 0 Å². The molecule has 156 valence electrons. The molecule has 0 saturated carbocycles. The van der Waals surface area contributed by atoms with Crippen molar-refractivity contribution in [3.8, 4) is 11.6 Å². The summed E-state index contributed by atoms with van der Waals surface area (Å²) in [6.45, 7) is 1.01. The molecule has 0 aliphatic carbocycles. The molecule has 1 aromatic heterocycles. The number of rotatable bonds is 4. The third kappa shape index (κ3) is 4.38. The number of hydrogen-bond acceptors (Lipinski definition) is 4. The molecule has 2 aromatic carbocycles. The summed E-state index contributed by atoms with van der Waals surface area (Å²) in [5, 5.41) is 10.6. The highest BCUT2D eigenvalue weighted by Crippen LogP contribution is 2.32. The van der Waals surface area contributed by atoms with Crippen LogP contribution in [0.15, 0.2) is 67.6 Å². The Balaban J connectivity index is 2.06. The van der Waals surface area contributed by atoms with Crippen molar-refractivity contribution in [3.05, 3.63) is 90.5 Å². The van der Waals surface area contributed by atoms with E-state index in [1.54, 1.807) is 24.3 Å². The van der Waals surface area contributed by atoms with Gasteiger partial charge in [0.2, 0.25) is 5.88 Å². The van der Waals surface area contributed by atoms with Crippen LogP contribution in [0.5, 0.6) is 5.88 Å². The number of nitrogens with zero attached hydrogens (tertiary/aromatic N) is 2. The Labute approximate surface area is 176 Å². The molecule has 0 aliphatic heterocycles. The maximum absolute atomic E-state index is 13.2. The quantitative estimate of drug-likeness (QED) is 0.551. The predicted octanol–water partition coefficient (Wildman–Crippen LogP) is 4.02. The number of hydrogen-bond donors (Lipinski definition) is 2. The molecule has 0 unspecified atom stereocenters. The van der Waals surface area contributed by atoms with E-state index in [9.17, 15) is 27.9 Å². The van der Waals surface area contributed by atoms with Gasteiger partial charge in [-0.05, 0) is 42.8 Å². The van der Waals surface area contributed by atoms with E-state index in [-0.39, 0.29) is 29.1 Å². The minimum Gasteiger partial charge on any atom is -0.493 e. The maximum atomic E-state index is 13.2. The van der Waals surface area contributed by atoms with E-state index in [1.165, 1.54) is 25.1 Å². The summed E-state index contributed by atoms with van der Waals surface area (Å²) >= 11 is 3.26. The van der Waals surface area contributed by atoms with Crippen molar-refractivity contribution in [2.24, 2.45) is 4.99 Å². The summed E-state index contributed by atoms with van der Waals surface area (Å²) in [7, 11) is 0. The van der Waals surface area contributed by atoms with Gasteiger partial charge in [0.1, 0.15) is 5.56 Å². The second kappa shape index (κ2) is 8.31. The van der Waals surface area contributed by atoms with Crippen molar-refractivity contribution in [1.82, 2.24) is 9.55 Å². The average Bonchev–Trinajstić information content (AvgIpc) is 2.67. The molecule has 0 radical (unpaired) electrons. The van der Waals surface area contributed by atoms with E-state index < -0.39 is 28.9 Å². The number of alkyl halides is 3. The first-order chi connectivity index (χ1) is 14.1. The molecule has 0 bridgehead atoms. The van der Waals surface area contributed by atoms with Crippen LogP contribution in [-0.4, -0.2) is 20.4 Å². The number of aromatic hydroxyl groups is 1. The highest BCUT2D eigenvalue weighted by Gasteiger charge is 2.32. The fourth-order valence-corrected chi connectivity index (χ4v) is 3.16. The molecule has 3 aromatic rings. The first kappa shape index (κ1) is 21.6. The molecule has 30 heavy (non-hydrogen) atoms. The van der Waals surface area contributed by atoms with Crippen molar-refractivity contribution in [2.45, 2.75) is 19.6 Å². The molecule has 0 atom stereocenters. The van der Waals surface area contributed by atoms with E-state index >= 15 is 0 Å². The number of nitrogens with one attached hydrogen (secondary N) is 1. The van der Waals surface area contributed by atoms with Gasteiger partial charge in [-0.1, -0.05) is 34.1 Å². The molecule has 0 saturated heterocycles. The van der Waals surface area contributed by atoms with E-state index in [0.717, 1.165) is 15.1 Å². The van der Waals surface area contributed by atoms with Crippen LogP contribution >= 0.6 is 15.9 Å². The molecule has 2 N–H and O–H groups in total. The normalized spacial score (nSPS) is 12.2. The maximum Gasteiger partial charge on any atom is 0.416 e. The SMILES string of the molecule is CC(=NCc1ccccc1C(F)(F)F)c1c(O)n(-c2ccc(Br)cc2)c(=O)[nH]c1=O. The van der Waals surface area contributed by atoms with Gasteiger partial charge in [0, 0.05) is 4.47 Å². The zero-order valence-electron chi connectivity index (χ0n) is 15.5. The molecular formula is C20H15BrF3N3O3. The van der Waals surface area contributed by atoms with Gasteiger partial charge in [-0.15, -0.1) is 0 Å². The van der Waals surface area contributed by atoms with Crippen molar-refractivity contribution in [1.29, 1.82) is 0 Å². The smallest absolute Gasteiger partial charge is 0.416 e. The van der Waals surface area contributed by atoms with Crippen LogP contribution in [0.1, 0.15) is 23.6 Å². The minimum atomic E-state index is -4.55. The van der Waals surface area contributed by atoms with Crippen LogP contribution in [0.3, 0.4) is 0 Å². The number of halogens is 4. The fourth-order valence-electron chi connectivity index (χ4n) is 2.90. The van der Waals surface area contributed by atoms with Crippen molar-refractivity contribution < 1.29 is 18.3 Å². The van der Waals surface area contributed by atoms with Gasteiger partial charge in [0.15, 0.2) is 0 Å². The zero-order chi connectivity index (χ0) is 22.1. The summed E-state index contributed by atoms with van der Waals surface area (Å²) in [5.41, 5.74) is -2.71. The van der Waals surface area contributed by atoms with E-state index in [2.05, 4.69) is 25.9 Å². The van der Waals surface area contributed by atoms with Crippen LogP contribution in [0.25, 0.3) is 5.69 Å². The lowest BCUT2D eigenvalue weighted by Gasteiger charge is -2.13. The summed E-state index contributed by atoms with van der Waals surface area (Å²) < 4.78 is 41.1. The van der Waals surface area contributed by atoms with Gasteiger partial charge < -0.3 is 5.11 Å². The third-order valence-corrected chi connectivity index (χ3v) is 4.87. The van der Waals surface area contributed by atoms with Crippen molar-refractivity contribution >= 4 is 21.6 Å². The largest absolute Gasteiger partial charge is 0.493 e. The Hall–Kier alpha value is -3.14. The molecule has 0 spiro atoms. The molecule has 0 aliphatic rings. The molecular weight excluding hydrogens is 467 g/mol. The zero-order valence-corrected chi connectivity index (χ0v) is 17.1. The highest BCUT2D eigenvalue weighted by atomic mass is 79.9. The third-order valence-electron chi connectivity index (χ3n) is 4.34. The lowest BCUT2D eigenvalue weighted by atomic mass is 10.1. The lowest BCUT2D eigenvalue weighted by molar-refractivity contribution is -0.138. The number of aliphatic imine (C=N–C) groups is 1. The van der Waals surface area contributed by atoms with Crippen molar-refractivity contribution in [3.63, 3.8) is 0 Å². The molecule has 0 fully saturated rings. The van der Waals surface area contributed by atoms with Crippen LogP contribution in [0.2, 0.25) is 0 Å². The molecule has 3 rings (SSSR count). The Kier molecular flexibility index (Phi) is 5.97. The van der Waals surface area contributed by atoms with Gasteiger partial charge in [-0.2, -0.15) is 13.2 Å². The van der Waals surface area contributed by atoms with E-state index in [0.29, 0.717) is 0 Å². The van der Waals surface area contributed by atoms with Crippen LogP contribution in [-0.2, 0) is 12.7 Å². The second-order valence-corrected chi connectivity index (χ2v) is 7.24. The summed E-state index contributed by atoms with van der Waals surface area (Å²) in [5.74, 6) is -0.656. The number of aromatic nitrogens is 2. The first-order valence-electron chi connectivity index (χ1n) is 8.60. The van der Waals surface area contributed by atoms with Gasteiger partial charge in [-0.3, -0.25) is 14.8 Å². The Bertz CT molecular complexity index is 1230. The first-order valence-corrected chi connectivity index (χ1v) is 9.39. The van der Waals surface area contributed by atoms with Crippen LogP contribution < -0.4 is 11.2 Å². The standard InChI is InChI=1S/C20H15BrF3N3O3/c1-11(25-10-12-4-2-3-5-15(12)20(22,23)24)16-17(28)26-19(30)27(18(16)29)14-8-6-13(21)7-9-14/h2-9,29H,10H2,1H3,(H,26,28,30). The molecule has 1 heterocycles. The number of benzene rings is 2. The summed E-state index contributed by atoms with van der Waals surface area (Å²) in [4.78, 5) is 30.7. The van der Waals surface area contributed by atoms with Crippen LogP contribution in [0.4, 0.5) is 13.2 Å². The number of aromatic amines is 1. The fraction of sp³-hybridized carbons (Fsp3) is 0.150. The predicted molar refractivity (Wildman–Crippen MR) is 109 cm³/mol. The minimum absolute atomic E-state index is 0.0170. The monoisotopic (exact) mass is 481 g/mol. The van der Waals surface area contributed by atoms with Gasteiger partial charge >= 0.3 is 11.9 Å². The van der Waals surface area contributed by atoms with Gasteiger partial charge in [-0.25, -0.2) is 9.36 Å². The highest BCUT2D eigenvalue weighted by molar-refractivity contribution is 9.10. The molecule has 0 amide bonds. The van der Waals surface area contributed by atoms with Gasteiger partial charge in [0.05, 0.1) is 23.5 Å². The Morgan fingerprint density at radius 1 is 1.13 bits per heavy atom. The van der Waals surface area contributed by atoms with Gasteiger partial charge in [0.25, 0.3) is 5.56 Å². The second-order valence-electron chi connectivity index (χ2n) is 6.33. The van der Waals surface area contributed by atoms with E-state index in [4.69, 9.17) is 0 Å². The Morgan fingerprint density at radius 3 is 2.40 bits per heavy atom. The summed E-state index contributed by atoms with van der Waals surface area (Å²) in [6, 6.07) is 11.3. The average molecular weight is 482 g/mol. The number of H-pyrrole nitrogens is 1. The van der Waals surface area contributed by atoms with Crippen molar-refractivity contribution in [2.75, 3.05) is 0 Å².